The van der Waals surface area contributed by atoms with Crippen molar-refractivity contribution < 1.29 is 19.8 Å². The standard InChI is InChI=1S/C14H14O4/c1-13(11(15)16)7-8-14(2,12(17)18)10-6-4-3-5-9(10)13/h3-8H,1-2H3,(H,15,16)(H,17,18)/t13-,14-/m0/s1. The van der Waals surface area contributed by atoms with Crippen LogP contribution < -0.4 is 0 Å². The van der Waals surface area contributed by atoms with Gasteiger partial charge < -0.3 is 10.2 Å². The molecule has 18 heavy (non-hydrogen) atoms. The van der Waals surface area contributed by atoms with Gasteiger partial charge in [0.15, 0.2) is 0 Å². The maximum absolute atomic E-state index is 11.4. The van der Waals surface area contributed by atoms with Crippen LogP contribution in [0, 0.1) is 0 Å². The number of carbonyl (C=O) groups is 2. The van der Waals surface area contributed by atoms with Crippen LogP contribution in [-0.2, 0) is 20.4 Å². The van der Waals surface area contributed by atoms with E-state index in [-0.39, 0.29) is 0 Å². The summed E-state index contributed by atoms with van der Waals surface area (Å²) in [6.07, 6.45) is 2.93. The Morgan fingerprint density at radius 1 is 0.889 bits per heavy atom. The fraction of sp³-hybridized carbons (Fsp3) is 0.286. The Labute approximate surface area is 105 Å². The van der Waals surface area contributed by atoms with Crippen molar-refractivity contribution in [2.24, 2.45) is 0 Å². The number of hydrogen-bond donors (Lipinski definition) is 2. The van der Waals surface area contributed by atoms with Gasteiger partial charge in [0, 0.05) is 0 Å². The highest BCUT2D eigenvalue weighted by molar-refractivity contribution is 5.91. The Hall–Kier alpha value is -2.10. The van der Waals surface area contributed by atoms with Crippen molar-refractivity contribution in [1.82, 2.24) is 0 Å². The van der Waals surface area contributed by atoms with Crippen LogP contribution in [0.15, 0.2) is 36.4 Å². The van der Waals surface area contributed by atoms with Gasteiger partial charge in [-0.15, -0.1) is 0 Å². The van der Waals surface area contributed by atoms with Crippen LogP contribution in [0.2, 0.25) is 0 Å². The molecule has 1 aliphatic rings. The fourth-order valence-corrected chi connectivity index (χ4v) is 2.27. The molecule has 1 aromatic carbocycles. The second-order valence-corrected chi connectivity index (χ2v) is 4.89. The molecule has 0 saturated heterocycles. The summed E-state index contributed by atoms with van der Waals surface area (Å²) in [5.74, 6) is -1.97. The van der Waals surface area contributed by atoms with Crippen LogP contribution in [0.3, 0.4) is 0 Å². The molecule has 1 aromatic rings. The molecule has 0 amide bonds. The smallest absolute Gasteiger partial charge is 0.317 e. The van der Waals surface area contributed by atoms with E-state index in [9.17, 15) is 19.8 Å². The first-order valence-corrected chi connectivity index (χ1v) is 5.59. The number of rotatable bonds is 2. The van der Waals surface area contributed by atoms with Gasteiger partial charge in [-0.25, -0.2) is 0 Å². The molecule has 4 nitrogen and oxygen atoms in total. The fourth-order valence-electron chi connectivity index (χ4n) is 2.27. The molecule has 2 rings (SSSR count). The Morgan fingerprint density at radius 2 is 1.22 bits per heavy atom. The lowest BCUT2D eigenvalue weighted by Gasteiger charge is -2.35. The average molecular weight is 246 g/mol. The van der Waals surface area contributed by atoms with E-state index < -0.39 is 22.8 Å². The summed E-state index contributed by atoms with van der Waals surface area (Å²) in [5, 5.41) is 18.7. The topological polar surface area (TPSA) is 74.6 Å². The quantitative estimate of drug-likeness (QED) is 0.782. The van der Waals surface area contributed by atoms with Gasteiger partial charge in [-0.05, 0) is 25.0 Å². The third-order valence-corrected chi connectivity index (χ3v) is 3.68. The van der Waals surface area contributed by atoms with E-state index in [1.54, 1.807) is 38.1 Å². The second kappa shape index (κ2) is 3.70. The van der Waals surface area contributed by atoms with Crippen LogP contribution >= 0.6 is 0 Å². The van der Waals surface area contributed by atoms with Gasteiger partial charge in [0.25, 0.3) is 0 Å². The van der Waals surface area contributed by atoms with E-state index in [1.807, 2.05) is 0 Å². The van der Waals surface area contributed by atoms with Crippen LogP contribution in [0.4, 0.5) is 0 Å². The normalized spacial score (nSPS) is 29.7. The average Bonchev–Trinajstić information content (AvgIpc) is 2.34. The number of carboxylic acid groups (broad SMARTS) is 2. The molecular formula is C14H14O4. The first kappa shape index (κ1) is 12.4. The van der Waals surface area contributed by atoms with Gasteiger partial charge in [-0.3, -0.25) is 9.59 Å². The summed E-state index contributed by atoms with van der Waals surface area (Å²) < 4.78 is 0. The predicted molar refractivity (Wildman–Crippen MR) is 65.6 cm³/mol. The summed E-state index contributed by atoms with van der Waals surface area (Å²) in [5.41, 5.74) is -1.29. The first-order chi connectivity index (χ1) is 8.32. The molecule has 0 radical (unpaired) electrons. The molecule has 2 N–H and O–H groups in total. The lowest BCUT2D eigenvalue weighted by molar-refractivity contribution is -0.143. The third kappa shape index (κ3) is 1.45. The minimum atomic E-state index is -1.18. The van der Waals surface area contributed by atoms with E-state index >= 15 is 0 Å². The zero-order chi connectivity index (χ0) is 13.6. The largest absolute Gasteiger partial charge is 0.480 e. The summed E-state index contributed by atoms with van der Waals surface area (Å²) in [4.78, 5) is 22.8. The Bertz CT molecular complexity index is 512. The number of benzene rings is 1. The molecule has 94 valence electrons. The predicted octanol–water partition coefficient (Wildman–Crippen LogP) is 1.94. The molecule has 1 aliphatic carbocycles. The minimum absolute atomic E-state index is 0.532. The lowest BCUT2D eigenvalue weighted by Crippen LogP contribution is -2.41. The van der Waals surface area contributed by atoms with Crippen LogP contribution in [0.25, 0.3) is 0 Å². The zero-order valence-corrected chi connectivity index (χ0v) is 10.2. The first-order valence-electron chi connectivity index (χ1n) is 5.59. The number of hydrogen-bond acceptors (Lipinski definition) is 2. The molecular weight excluding hydrogens is 232 g/mol. The van der Waals surface area contributed by atoms with E-state index in [0.29, 0.717) is 11.1 Å². The van der Waals surface area contributed by atoms with Gasteiger partial charge in [0.05, 0.1) is 0 Å². The van der Waals surface area contributed by atoms with E-state index in [0.717, 1.165) is 0 Å². The van der Waals surface area contributed by atoms with Crippen LogP contribution in [0.1, 0.15) is 25.0 Å². The van der Waals surface area contributed by atoms with E-state index in [1.165, 1.54) is 12.2 Å². The third-order valence-electron chi connectivity index (χ3n) is 3.68. The Morgan fingerprint density at radius 3 is 1.50 bits per heavy atom. The molecule has 0 fully saturated rings. The van der Waals surface area contributed by atoms with Gasteiger partial charge in [0.1, 0.15) is 10.8 Å². The molecule has 4 heteroatoms. The molecule has 0 unspecified atom stereocenters. The lowest BCUT2D eigenvalue weighted by atomic mass is 9.66. The molecule has 0 bridgehead atoms. The molecule has 0 saturated carbocycles. The van der Waals surface area contributed by atoms with E-state index in [4.69, 9.17) is 0 Å². The van der Waals surface area contributed by atoms with Crippen molar-refractivity contribution in [3.05, 3.63) is 47.5 Å². The maximum Gasteiger partial charge on any atom is 0.317 e. The summed E-state index contributed by atoms with van der Waals surface area (Å²) in [6.45, 7) is 3.15. The molecule has 0 spiro atoms. The van der Waals surface area contributed by atoms with Crippen molar-refractivity contribution in [1.29, 1.82) is 0 Å². The van der Waals surface area contributed by atoms with Crippen LogP contribution in [0.5, 0.6) is 0 Å². The highest BCUT2D eigenvalue weighted by atomic mass is 16.4. The van der Waals surface area contributed by atoms with Gasteiger partial charge >= 0.3 is 11.9 Å². The summed E-state index contributed by atoms with van der Waals surface area (Å²) in [7, 11) is 0. The monoisotopic (exact) mass is 246 g/mol. The molecule has 0 aromatic heterocycles. The van der Waals surface area contributed by atoms with Crippen molar-refractivity contribution in [3.8, 4) is 0 Å². The molecule has 2 atom stereocenters. The number of aliphatic carboxylic acids is 2. The van der Waals surface area contributed by atoms with Gasteiger partial charge in [-0.1, -0.05) is 36.4 Å². The molecule has 0 heterocycles. The van der Waals surface area contributed by atoms with Crippen molar-refractivity contribution >= 4 is 11.9 Å². The zero-order valence-electron chi connectivity index (χ0n) is 10.2. The van der Waals surface area contributed by atoms with Crippen molar-refractivity contribution in [2.45, 2.75) is 24.7 Å². The summed E-state index contributed by atoms with van der Waals surface area (Å²) >= 11 is 0. The number of carboxylic acids is 2. The highest BCUT2D eigenvalue weighted by Gasteiger charge is 2.45. The maximum atomic E-state index is 11.4. The van der Waals surface area contributed by atoms with Gasteiger partial charge in [-0.2, -0.15) is 0 Å². The van der Waals surface area contributed by atoms with Crippen molar-refractivity contribution in [2.75, 3.05) is 0 Å². The minimum Gasteiger partial charge on any atom is -0.480 e. The van der Waals surface area contributed by atoms with Crippen molar-refractivity contribution in [3.63, 3.8) is 0 Å². The van der Waals surface area contributed by atoms with E-state index in [2.05, 4.69) is 0 Å². The highest BCUT2D eigenvalue weighted by Crippen LogP contribution is 2.41. The van der Waals surface area contributed by atoms with Gasteiger partial charge in [0.2, 0.25) is 0 Å². The SMILES string of the molecule is C[C@]1(C(=O)O)C=C[C@](C)(C(=O)O)c2ccccc21. The van der Waals surface area contributed by atoms with Crippen LogP contribution in [-0.4, -0.2) is 22.2 Å². The summed E-state index contributed by atoms with van der Waals surface area (Å²) in [6, 6.07) is 6.80. The number of fused-ring (bicyclic) bond motifs is 1. The Balaban J connectivity index is 2.75. The Kier molecular flexibility index (Phi) is 2.54. The second-order valence-electron chi connectivity index (χ2n) is 4.89. The molecule has 0 aliphatic heterocycles.